The molecule has 0 bridgehead atoms. The van der Waals surface area contributed by atoms with E-state index in [4.69, 9.17) is 37.6 Å². The van der Waals surface area contributed by atoms with Gasteiger partial charge in [-0.15, -0.1) is 0 Å². The minimum Gasteiger partial charge on any atom is -0.508 e. The number of ether oxygens (including phenoxy) is 7. The fraction of sp³-hybridized carbons (Fsp3) is 0.463. The highest BCUT2D eigenvalue weighted by atomic mass is 16.7. The summed E-state index contributed by atoms with van der Waals surface area (Å²) < 4.78 is 44.7. The topological polar surface area (TPSA) is 375 Å². The third-order valence-electron chi connectivity index (χ3n) is 11.1. The van der Waals surface area contributed by atoms with E-state index in [2.05, 4.69) is 0 Å². The Morgan fingerprint density at radius 1 is 0.672 bits per heavy atom. The standard InChI is InChI=1S/C41H46O23/c1-57-21-8-15(4-7-19(21)61-40-35(54)32(51)28(47)24(12-43)62-40)39(56)58-13-25-30(49)33(52)36(55)41(63-25)64-38-34(53)29(48)23(11-42)60-37(38)27-18(46)10-22-26(31(27)50)17(45)9-20(59-22)14-2-5-16(44)6-3-14/h2-10,23-25,28-30,32-38,40-44,46-55H,11-13H2,1H3/t23-,24-,25-,28-,29-,30-,32+,33+,34+,35-,36-,37+,38-,40-,41+/m1/s1. The lowest BCUT2D eigenvalue weighted by atomic mass is 9.89. The van der Waals surface area contributed by atoms with Gasteiger partial charge >= 0.3 is 5.97 Å². The number of aliphatic hydroxyl groups is 10. The molecule has 23 nitrogen and oxygen atoms in total. The number of phenolic OH excluding ortho intramolecular Hbond substituents is 3. The molecule has 3 aliphatic heterocycles. The van der Waals surface area contributed by atoms with Crippen molar-refractivity contribution >= 4 is 16.9 Å². The fourth-order valence-electron chi connectivity index (χ4n) is 7.57. The summed E-state index contributed by atoms with van der Waals surface area (Å²) in [6.07, 6.45) is -27.2. The van der Waals surface area contributed by atoms with E-state index in [-0.39, 0.29) is 34.2 Å². The predicted octanol–water partition coefficient (Wildman–Crippen LogP) is -3.03. The number of aliphatic hydroxyl groups excluding tert-OH is 10. The maximum absolute atomic E-state index is 13.4. The quantitative estimate of drug-likeness (QED) is 0.0629. The van der Waals surface area contributed by atoms with Crippen molar-refractivity contribution < 1.29 is 109 Å². The maximum atomic E-state index is 13.4. The number of rotatable bonds is 12. The van der Waals surface area contributed by atoms with Crippen LogP contribution in [0.5, 0.6) is 28.7 Å². The summed E-state index contributed by atoms with van der Waals surface area (Å²) in [6.45, 7) is -2.44. The summed E-state index contributed by atoms with van der Waals surface area (Å²) in [4.78, 5) is 26.6. The van der Waals surface area contributed by atoms with Gasteiger partial charge in [0.25, 0.3) is 0 Å². The number of esters is 1. The zero-order valence-corrected chi connectivity index (χ0v) is 33.4. The number of fused-ring (bicyclic) bond motifs is 1. The minimum atomic E-state index is -2.10. The summed E-state index contributed by atoms with van der Waals surface area (Å²) in [5, 5.41) is 137. The zero-order chi connectivity index (χ0) is 46.3. The first-order chi connectivity index (χ1) is 30.5. The third-order valence-corrected chi connectivity index (χ3v) is 11.1. The van der Waals surface area contributed by atoms with Gasteiger partial charge in [-0.25, -0.2) is 4.79 Å². The van der Waals surface area contributed by atoms with Crippen LogP contribution in [0.1, 0.15) is 22.0 Å². The molecule has 0 unspecified atom stereocenters. The molecule has 64 heavy (non-hydrogen) atoms. The van der Waals surface area contributed by atoms with Crippen LogP contribution in [0, 0.1) is 0 Å². The molecule has 13 N–H and O–H groups in total. The Morgan fingerprint density at radius 3 is 1.94 bits per heavy atom. The van der Waals surface area contributed by atoms with Gasteiger partial charge in [0.2, 0.25) is 6.29 Å². The van der Waals surface area contributed by atoms with Gasteiger partial charge in [0.05, 0.1) is 31.5 Å². The Labute approximate surface area is 360 Å². The predicted molar refractivity (Wildman–Crippen MR) is 209 cm³/mol. The molecule has 0 radical (unpaired) electrons. The van der Waals surface area contributed by atoms with Gasteiger partial charge in [-0.3, -0.25) is 4.79 Å². The van der Waals surface area contributed by atoms with Crippen LogP contribution in [0.4, 0.5) is 0 Å². The molecule has 15 atom stereocenters. The Balaban J connectivity index is 1.10. The minimum absolute atomic E-state index is 0.000147. The summed E-state index contributed by atoms with van der Waals surface area (Å²) in [6, 6.07) is 11.1. The number of hydrogen-bond donors (Lipinski definition) is 13. The van der Waals surface area contributed by atoms with Crippen molar-refractivity contribution in [3.63, 3.8) is 0 Å². The second kappa shape index (κ2) is 19.1. The molecule has 7 rings (SSSR count). The van der Waals surface area contributed by atoms with Crippen molar-refractivity contribution in [3.8, 4) is 40.1 Å². The molecule has 3 fully saturated rings. The molecule has 4 heterocycles. The summed E-state index contributed by atoms with van der Waals surface area (Å²) in [5.74, 6) is -3.04. The lowest BCUT2D eigenvalue weighted by molar-refractivity contribution is -0.342. The van der Waals surface area contributed by atoms with Gasteiger partial charge in [0, 0.05) is 17.7 Å². The van der Waals surface area contributed by atoms with E-state index in [9.17, 15) is 76.0 Å². The number of benzene rings is 3. The normalized spacial score (nSPS) is 33.1. The van der Waals surface area contributed by atoms with Crippen LogP contribution < -0.4 is 14.9 Å². The van der Waals surface area contributed by atoms with Crippen LogP contribution >= 0.6 is 0 Å². The molecule has 3 saturated heterocycles. The van der Waals surface area contributed by atoms with E-state index in [1.54, 1.807) is 0 Å². The Hall–Kier alpha value is -5.22. The molecule has 0 spiro atoms. The Kier molecular flexibility index (Phi) is 13.9. The van der Waals surface area contributed by atoms with Gasteiger partial charge in [-0.2, -0.15) is 0 Å². The first-order valence-corrected chi connectivity index (χ1v) is 19.6. The second-order valence-electron chi connectivity index (χ2n) is 15.2. The van der Waals surface area contributed by atoms with Crippen LogP contribution in [0.3, 0.4) is 0 Å². The van der Waals surface area contributed by atoms with E-state index < -0.39 is 146 Å². The van der Waals surface area contributed by atoms with Gasteiger partial charge in [0.15, 0.2) is 23.2 Å². The highest BCUT2D eigenvalue weighted by Crippen LogP contribution is 2.46. The van der Waals surface area contributed by atoms with E-state index in [0.29, 0.717) is 5.56 Å². The van der Waals surface area contributed by atoms with Crippen molar-refractivity contribution in [1.29, 1.82) is 0 Å². The number of aromatic hydroxyl groups is 3. The molecule has 0 saturated carbocycles. The summed E-state index contributed by atoms with van der Waals surface area (Å²) in [5.41, 5.74) is -1.53. The first kappa shape index (κ1) is 46.8. The molecule has 0 amide bonds. The largest absolute Gasteiger partial charge is 0.508 e. The number of hydrogen-bond acceptors (Lipinski definition) is 23. The van der Waals surface area contributed by atoms with Crippen molar-refractivity contribution in [3.05, 3.63) is 75.9 Å². The average Bonchev–Trinajstić information content (AvgIpc) is 3.28. The lowest BCUT2D eigenvalue weighted by Gasteiger charge is -2.46. The molecule has 1 aromatic heterocycles. The molecular weight excluding hydrogens is 860 g/mol. The summed E-state index contributed by atoms with van der Waals surface area (Å²) in [7, 11) is 1.21. The highest BCUT2D eigenvalue weighted by Gasteiger charge is 2.52. The van der Waals surface area contributed by atoms with Gasteiger partial charge in [0.1, 0.15) is 120 Å². The van der Waals surface area contributed by atoms with Crippen molar-refractivity contribution in [1.82, 2.24) is 0 Å². The van der Waals surface area contributed by atoms with E-state index in [1.807, 2.05) is 0 Å². The van der Waals surface area contributed by atoms with Crippen LogP contribution in [0.15, 0.2) is 63.8 Å². The van der Waals surface area contributed by atoms with E-state index in [1.165, 1.54) is 43.5 Å². The van der Waals surface area contributed by atoms with E-state index >= 15 is 0 Å². The summed E-state index contributed by atoms with van der Waals surface area (Å²) >= 11 is 0. The van der Waals surface area contributed by atoms with Crippen molar-refractivity contribution in [2.24, 2.45) is 0 Å². The van der Waals surface area contributed by atoms with Crippen LogP contribution in [0.25, 0.3) is 22.3 Å². The number of carbonyl (C=O) groups excluding carboxylic acids is 1. The number of methoxy groups -OCH3 is 1. The zero-order valence-electron chi connectivity index (χ0n) is 33.4. The second-order valence-corrected chi connectivity index (χ2v) is 15.2. The van der Waals surface area contributed by atoms with Crippen LogP contribution in [0.2, 0.25) is 0 Å². The average molecular weight is 907 g/mol. The highest BCUT2D eigenvalue weighted by molar-refractivity contribution is 5.90. The third kappa shape index (κ3) is 8.91. The SMILES string of the molecule is COc1cc(C(=O)OC[C@H]2O[C@@H](O[C@@H]3[C@@H](O)[C@H](O)[C@@H](CO)O[C@H]3c3c(O)cc4oc(-c5ccc(O)cc5)cc(=O)c4c3O)[C@H](O)[C@@H](O)[C@@H]2O)ccc1O[C@@H]1O[C@H](CO)[C@@H](O)[C@H](O)[C@H]1O. The van der Waals surface area contributed by atoms with Crippen molar-refractivity contribution in [2.45, 2.75) is 91.9 Å². The molecule has 4 aromatic rings. The van der Waals surface area contributed by atoms with Gasteiger partial charge < -0.3 is 104 Å². The maximum Gasteiger partial charge on any atom is 0.338 e. The lowest BCUT2D eigenvalue weighted by Crippen LogP contribution is -2.63. The van der Waals surface area contributed by atoms with E-state index in [0.717, 1.165) is 18.2 Å². The van der Waals surface area contributed by atoms with Crippen LogP contribution in [-0.4, -0.2) is 185 Å². The fourth-order valence-corrected chi connectivity index (χ4v) is 7.57. The monoisotopic (exact) mass is 906 g/mol. The number of phenols is 3. The molecule has 23 heteroatoms. The van der Waals surface area contributed by atoms with Crippen LogP contribution in [-0.2, 0) is 23.7 Å². The molecule has 3 aromatic carbocycles. The smallest absolute Gasteiger partial charge is 0.338 e. The van der Waals surface area contributed by atoms with Gasteiger partial charge in [-0.05, 0) is 42.5 Å². The molecular formula is C41H46O23. The Morgan fingerprint density at radius 2 is 1.28 bits per heavy atom. The Bertz CT molecular complexity index is 2340. The van der Waals surface area contributed by atoms with Gasteiger partial charge in [-0.1, -0.05) is 0 Å². The van der Waals surface area contributed by atoms with Crippen molar-refractivity contribution in [2.75, 3.05) is 26.9 Å². The molecule has 3 aliphatic rings. The molecule has 348 valence electrons. The number of carbonyl (C=O) groups is 1. The first-order valence-electron chi connectivity index (χ1n) is 19.6. The molecule has 0 aliphatic carbocycles.